The van der Waals surface area contributed by atoms with Crippen molar-refractivity contribution in [2.24, 2.45) is 5.92 Å². The third-order valence-corrected chi connectivity index (χ3v) is 2.29. The molecule has 1 rings (SSSR count). The van der Waals surface area contributed by atoms with Crippen LogP contribution >= 0.6 is 0 Å². The number of hydrogen-bond donors (Lipinski definition) is 2. The Labute approximate surface area is 95.4 Å². The summed E-state index contributed by atoms with van der Waals surface area (Å²) in [6.45, 7) is 4.06. The molecule has 1 unspecified atom stereocenters. The van der Waals surface area contributed by atoms with E-state index in [1.165, 1.54) is 0 Å². The summed E-state index contributed by atoms with van der Waals surface area (Å²) in [5.74, 6) is 0.101. The molecule has 0 aromatic carbocycles. The minimum absolute atomic E-state index is 0.0105. The molecule has 16 heavy (non-hydrogen) atoms. The van der Waals surface area contributed by atoms with Crippen LogP contribution in [0.5, 0.6) is 0 Å². The average molecular weight is 225 g/mol. The summed E-state index contributed by atoms with van der Waals surface area (Å²) in [5.41, 5.74) is 0. The maximum Gasteiger partial charge on any atom is 0.224 e. The van der Waals surface area contributed by atoms with Gasteiger partial charge in [0.15, 0.2) is 0 Å². The summed E-state index contributed by atoms with van der Waals surface area (Å²) in [4.78, 5) is 11.5. The van der Waals surface area contributed by atoms with Gasteiger partial charge in [0.1, 0.15) is 0 Å². The number of amides is 1. The number of nitrogens with one attached hydrogen (secondary N) is 2. The monoisotopic (exact) mass is 225 g/mol. The number of rotatable bonds is 7. The van der Waals surface area contributed by atoms with Crippen molar-refractivity contribution < 1.29 is 4.79 Å². The number of aryl methyl sites for hydroxylation is 1. The van der Waals surface area contributed by atoms with Gasteiger partial charge < -0.3 is 10.6 Å². The highest BCUT2D eigenvalue weighted by molar-refractivity contribution is 5.78. The van der Waals surface area contributed by atoms with Gasteiger partial charge in [-0.15, -0.1) is 5.10 Å². The minimum atomic E-state index is 0.0105. The first kappa shape index (κ1) is 12.6. The standard InChI is InChI=1S/C10H19N5O/c1-9(8-11-2)10(16)12-4-3-6-15-7-5-13-14-15/h5,7,9,11H,3-4,6,8H2,1-2H3,(H,12,16). The lowest BCUT2D eigenvalue weighted by molar-refractivity contribution is -0.124. The summed E-state index contributed by atoms with van der Waals surface area (Å²) < 4.78 is 1.75. The van der Waals surface area contributed by atoms with E-state index in [4.69, 9.17) is 0 Å². The van der Waals surface area contributed by atoms with E-state index < -0.39 is 0 Å². The average Bonchev–Trinajstić information content (AvgIpc) is 2.77. The molecule has 0 aliphatic heterocycles. The Morgan fingerprint density at radius 2 is 2.38 bits per heavy atom. The summed E-state index contributed by atoms with van der Waals surface area (Å²) in [7, 11) is 1.84. The van der Waals surface area contributed by atoms with E-state index in [2.05, 4.69) is 20.9 Å². The smallest absolute Gasteiger partial charge is 0.224 e. The second kappa shape index (κ2) is 6.95. The van der Waals surface area contributed by atoms with Crippen molar-refractivity contribution in [3.63, 3.8) is 0 Å². The van der Waals surface area contributed by atoms with Crippen LogP contribution in [0, 0.1) is 5.92 Å². The van der Waals surface area contributed by atoms with Crippen molar-refractivity contribution >= 4 is 5.91 Å². The molecular formula is C10H19N5O. The van der Waals surface area contributed by atoms with Gasteiger partial charge in [-0.05, 0) is 13.5 Å². The molecule has 1 heterocycles. The van der Waals surface area contributed by atoms with Crippen LogP contribution in [0.2, 0.25) is 0 Å². The van der Waals surface area contributed by atoms with Crippen LogP contribution in [0.25, 0.3) is 0 Å². The molecule has 0 radical (unpaired) electrons. The predicted octanol–water partition coefficient (Wildman–Crippen LogP) is -0.360. The van der Waals surface area contributed by atoms with E-state index in [9.17, 15) is 4.79 Å². The van der Waals surface area contributed by atoms with Gasteiger partial charge in [0.05, 0.1) is 6.20 Å². The Morgan fingerprint density at radius 1 is 1.56 bits per heavy atom. The highest BCUT2D eigenvalue weighted by atomic mass is 16.1. The molecule has 0 saturated carbocycles. The molecule has 1 atom stereocenters. The van der Waals surface area contributed by atoms with Gasteiger partial charge in [-0.2, -0.15) is 0 Å². The SMILES string of the molecule is CNCC(C)C(=O)NCCCn1ccnn1. The third kappa shape index (κ3) is 4.39. The van der Waals surface area contributed by atoms with E-state index in [0.717, 1.165) is 13.0 Å². The molecule has 1 aromatic heterocycles. The molecule has 0 bridgehead atoms. The number of carbonyl (C=O) groups excluding carboxylic acids is 1. The van der Waals surface area contributed by atoms with Crippen LogP contribution in [-0.2, 0) is 11.3 Å². The summed E-state index contributed by atoms with van der Waals surface area (Å²) in [6.07, 6.45) is 4.32. The first-order valence-corrected chi connectivity index (χ1v) is 5.50. The molecule has 6 nitrogen and oxygen atoms in total. The molecule has 0 aliphatic carbocycles. The Morgan fingerprint density at radius 3 is 3.00 bits per heavy atom. The first-order chi connectivity index (χ1) is 7.74. The van der Waals surface area contributed by atoms with E-state index in [1.54, 1.807) is 10.9 Å². The van der Waals surface area contributed by atoms with Crippen LogP contribution in [0.3, 0.4) is 0 Å². The first-order valence-electron chi connectivity index (χ1n) is 5.50. The fraction of sp³-hybridized carbons (Fsp3) is 0.700. The highest BCUT2D eigenvalue weighted by Gasteiger charge is 2.10. The Hall–Kier alpha value is -1.43. The van der Waals surface area contributed by atoms with Crippen LogP contribution in [0.1, 0.15) is 13.3 Å². The number of carbonyl (C=O) groups is 1. The lowest BCUT2D eigenvalue weighted by atomic mass is 10.1. The molecule has 0 spiro atoms. The van der Waals surface area contributed by atoms with Gasteiger partial charge in [0.25, 0.3) is 0 Å². The summed E-state index contributed by atoms with van der Waals surface area (Å²) >= 11 is 0. The summed E-state index contributed by atoms with van der Waals surface area (Å²) in [6, 6.07) is 0. The van der Waals surface area contributed by atoms with Crippen LogP contribution in [-0.4, -0.2) is 41.0 Å². The lowest BCUT2D eigenvalue weighted by Crippen LogP contribution is -2.35. The third-order valence-electron chi connectivity index (χ3n) is 2.29. The molecule has 1 amide bonds. The van der Waals surface area contributed by atoms with Gasteiger partial charge in [0.2, 0.25) is 5.91 Å². The molecular weight excluding hydrogens is 206 g/mol. The highest BCUT2D eigenvalue weighted by Crippen LogP contribution is 1.92. The van der Waals surface area contributed by atoms with Crippen molar-refractivity contribution in [3.05, 3.63) is 12.4 Å². The van der Waals surface area contributed by atoms with Crippen LogP contribution in [0.4, 0.5) is 0 Å². The van der Waals surface area contributed by atoms with Crippen LogP contribution in [0.15, 0.2) is 12.4 Å². The van der Waals surface area contributed by atoms with Gasteiger partial charge in [-0.1, -0.05) is 12.1 Å². The molecule has 90 valence electrons. The van der Waals surface area contributed by atoms with E-state index in [-0.39, 0.29) is 11.8 Å². The van der Waals surface area contributed by atoms with Gasteiger partial charge >= 0.3 is 0 Å². The van der Waals surface area contributed by atoms with Gasteiger partial charge in [-0.3, -0.25) is 9.48 Å². The maximum absolute atomic E-state index is 11.5. The zero-order valence-corrected chi connectivity index (χ0v) is 9.81. The summed E-state index contributed by atoms with van der Waals surface area (Å²) in [5, 5.41) is 13.4. The second-order valence-corrected chi connectivity index (χ2v) is 3.77. The largest absolute Gasteiger partial charge is 0.356 e. The van der Waals surface area contributed by atoms with Crippen molar-refractivity contribution in [2.45, 2.75) is 19.9 Å². The molecule has 1 aromatic rings. The second-order valence-electron chi connectivity index (χ2n) is 3.77. The van der Waals surface area contributed by atoms with Crippen LogP contribution < -0.4 is 10.6 Å². The topological polar surface area (TPSA) is 71.8 Å². The zero-order valence-electron chi connectivity index (χ0n) is 9.81. The van der Waals surface area contributed by atoms with E-state index in [1.807, 2.05) is 20.2 Å². The quantitative estimate of drug-likeness (QED) is 0.622. The Balaban J connectivity index is 2.08. The van der Waals surface area contributed by atoms with Gasteiger partial charge in [0, 0.05) is 31.7 Å². The Kier molecular flexibility index (Phi) is 5.49. The fourth-order valence-corrected chi connectivity index (χ4v) is 1.38. The number of nitrogens with zero attached hydrogens (tertiary/aromatic N) is 3. The molecule has 6 heteroatoms. The molecule has 2 N–H and O–H groups in total. The fourth-order valence-electron chi connectivity index (χ4n) is 1.38. The molecule has 0 fully saturated rings. The van der Waals surface area contributed by atoms with Crippen molar-refractivity contribution in [1.82, 2.24) is 25.6 Å². The Bertz CT molecular complexity index is 298. The van der Waals surface area contributed by atoms with Crippen molar-refractivity contribution in [2.75, 3.05) is 20.1 Å². The maximum atomic E-state index is 11.5. The molecule has 0 aliphatic rings. The normalized spacial score (nSPS) is 12.4. The lowest BCUT2D eigenvalue weighted by Gasteiger charge is -2.11. The van der Waals surface area contributed by atoms with Crippen molar-refractivity contribution in [1.29, 1.82) is 0 Å². The van der Waals surface area contributed by atoms with Crippen molar-refractivity contribution in [3.8, 4) is 0 Å². The number of hydrogen-bond acceptors (Lipinski definition) is 4. The predicted molar refractivity (Wildman–Crippen MR) is 60.7 cm³/mol. The zero-order chi connectivity index (χ0) is 11.8. The minimum Gasteiger partial charge on any atom is -0.356 e. The molecule has 0 saturated heterocycles. The van der Waals surface area contributed by atoms with Gasteiger partial charge in [-0.25, -0.2) is 0 Å². The van der Waals surface area contributed by atoms with E-state index in [0.29, 0.717) is 13.1 Å². The number of aromatic nitrogens is 3. The van der Waals surface area contributed by atoms with E-state index >= 15 is 0 Å².